The minimum Gasteiger partial charge on any atom is -0.293 e. The highest BCUT2D eigenvalue weighted by atomic mass is 35.5. The highest BCUT2D eigenvalue weighted by molar-refractivity contribution is 6.30. The summed E-state index contributed by atoms with van der Waals surface area (Å²) >= 11 is 5.97. The van der Waals surface area contributed by atoms with Gasteiger partial charge in [-0.2, -0.15) is 0 Å². The summed E-state index contributed by atoms with van der Waals surface area (Å²) in [5, 5.41) is 7.39. The molecule has 1 aromatic carbocycles. The summed E-state index contributed by atoms with van der Waals surface area (Å²) < 4.78 is 0. The van der Waals surface area contributed by atoms with E-state index in [1.807, 2.05) is 29.3 Å². The van der Waals surface area contributed by atoms with E-state index in [4.69, 9.17) is 21.7 Å². The highest BCUT2D eigenvalue weighted by Crippen LogP contribution is 2.29. The van der Waals surface area contributed by atoms with Gasteiger partial charge in [-0.3, -0.25) is 4.90 Å². The molecule has 0 spiro atoms. The van der Waals surface area contributed by atoms with Crippen LogP contribution in [0.4, 0.5) is 0 Å². The number of rotatable bonds is 2. The van der Waals surface area contributed by atoms with Gasteiger partial charge in [0.1, 0.15) is 0 Å². The standard InChI is InChI=1S/C16H19ClN4/c1-5-20-14(12-6-8-13(17)9-7-12)19-21-11(2)10-16(3,4)18-15(20)21/h6-10H,5H2,1-4H3. The Morgan fingerprint density at radius 1 is 1.19 bits per heavy atom. The van der Waals surface area contributed by atoms with E-state index in [2.05, 4.69) is 38.7 Å². The Hall–Kier alpha value is -1.81. The van der Waals surface area contributed by atoms with Crippen LogP contribution in [0.3, 0.4) is 0 Å². The number of amidine groups is 1. The van der Waals surface area contributed by atoms with Crippen molar-refractivity contribution in [3.63, 3.8) is 0 Å². The molecule has 0 N–H and O–H groups in total. The van der Waals surface area contributed by atoms with Crippen molar-refractivity contribution in [2.24, 2.45) is 10.1 Å². The second-order valence-corrected chi connectivity index (χ2v) is 6.27. The number of hydrogen-bond donors (Lipinski definition) is 0. The van der Waals surface area contributed by atoms with Crippen molar-refractivity contribution in [1.29, 1.82) is 0 Å². The zero-order chi connectivity index (χ0) is 15.2. The smallest absolute Gasteiger partial charge is 0.228 e. The molecule has 2 aliphatic rings. The van der Waals surface area contributed by atoms with Crippen LogP contribution in [0, 0.1) is 0 Å². The molecule has 0 atom stereocenters. The second kappa shape index (κ2) is 4.88. The number of halogens is 1. The molecule has 2 aliphatic heterocycles. The number of nitrogens with zero attached hydrogens (tertiary/aromatic N) is 4. The van der Waals surface area contributed by atoms with Crippen LogP contribution in [0.2, 0.25) is 5.02 Å². The quantitative estimate of drug-likeness (QED) is 0.834. The molecule has 0 unspecified atom stereocenters. The van der Waals surface area contributed by atoms with Crippen molar-refractivity contribution in [3.05, 3.63) is 46.6 Å². The summed E-state index contributed by atoms with van der Waals surface area (Å²) in [6.45, 7) is 9.21. The topological polar surface area (TPSA) is 31.2 Å². The van der Waals surface area contributed by atoms with Gasteiger partial charge in [0, 0.05) is 22.8 Å². The van der Waals surface area contributed by atoms with Crippen molar-refractivity contribution in [3.8, 4) is 0 Å². The molecule has 0 saturated heterocycles. The normalized spacial score (nSPS) is 20.0. The van der Waals surface area contributed by atoms with Gasteiger partial charge in [-0.15, -0.1) is 5.10 Å². The SMILES string of the molecule is CCN1C(c2ccc(Cl)cc2)=NN2C(C)=CC(C)(C)N=C12. The van der Waals surface area contributed by atoms with Crippen LogP contribution >= 0.6 is 11.6 Å². The predicted molar refractivity (Wildman–Crippen MR) is 87.5 cm³/mol. The number of guanidine groups is 1. The van der Waals surface area contributed by atoms with Crippen LogP contribution in [0.1, 0.15) is 33.3 Å². The maximum Gasteiger partial charge on any atom is 0.228 e. The first-order valence-electron chi connectivity index (χ1n) is 7.13. The molecule has 0 saturated carbocycles. The minimum atomic E-state index is -0.200. The molecule has 0 aromatic heterocycles. The zero-order valence-electron chi connectivity index (χ0n) is 12.8. The van der Waals surface area contributed by atoms with E-state index in [0.717, 1.165) is 34.6 Å². The van der Waals surface area contributed by atoms with Gasteiger partial charge in [-0.05, 0) is 58.0 Å². The van der Waals surface area contributed by atoms with Gasteiger partial charge >= 0.3 is 0 Å². The Kier molecular flexibility index (Phi) is 3.29. The highest BCUT2D eigenvalue weighted by Gasteiger charge is 2.36. The van der Waals surface area contributed by atoms with E-state index >= 15 is 0 Å². The van der Waals surface area contributed by atoms with Gasteiger partial charge in [0.05, 0.1) is 5.54 Å². The third-order valence-corrected chi connectivity index (χ3v) is 3.84. The lowest BCUT2D eigenvalue weighted by atomic mass is 10.0. The largest absolute Gasteiger partial charge is 0.293 e. The molecular weight excluding hydrogens is 284 g/mol. The molecule has 0 aliphatic carbocycles. The number of hydrogen-bond acceptors (Lipinski definition) is 4. The van der Waals surface area contributed by atoms with Crippen molar-refractivity contribution >= 4 is 23.4 Å². The second-order valence-electron chi connectivity index (χ2n) is 5.84. The third-order valence-electron chi connectivity index (χ3n) is 3.58. The molecular formula is C16H19ClN4. The van der Waals surface area contributed by atoms with Crippen LogP contribution in [0.25, 0.3) is 0 Å². The maximum absolute atomic E-state index is 5.97. The fraction of sp³-hybridized carbons (Fsp3) is 0.375. The van der Waals surface area contributed by atoms with Gasteiger partial charge in [0.15, 0.2) is 5.84 Å². The summed E-state index contributed by atoms with van der Waals surface area (Å²) in [5.41, 5.74) is 1.95. The molecule has 110 valence electrons. The first-order valence-corrected chi connectivity index (χ1v) is 7.50. The number of hydrazone groups is 1. The third kappa shape index (κ3) is 2.44. The van der Waals surface area contributed by atoms with E-state index in [9.17, 15) is 0 Å². The molecule has 0 bridgehead atoms. The summed E-state index contributed by atoms with van der Waals surface area (Å²) in [4.78, 5) is 6.96. The molecule has 0 fully saturated rings. The van der Waals surface area contributed by atoms with Gasteiger partial charge in [-0.25, -0.2) is 10.0 Å². The van der Waals surface area contributed by atoms with E-state index in [-0.39, 0.29) is 5.54 Å². The molecule has 4 nitrogen and oxygen atoms in total. The van der Waals surface area contributed by atoms with Crippen LogP contribution in [-0.2, 0) is 0 Å². The number of benzene rings is 1. The molecule has 0 radical (unpaired) electrons. The van der Waals surface area contributed by atoms with Gasteiger partial charge < -0.3 is 0 Å². The van der Waals surface area contributed by atoms with Gasteiger partial charge in [0.2, 0.25) is 5.96 Å². The van der Waals surface area contributed by atoms with Crippen molar-refractivity contribution in [2.75, 3.05) is 6.54 Å². The Morgan fingerprint density at radius 3 is 2.48 bits per heavy atom. The molecule has 0 amide bonds. The fourth-order valence-corrected chi connectivity index (χ4v) is 2.84. The lowest BCUT2D eigenvalue weighted by molar-refractivity contribution is 0.464. The molecule has 3 rings (SSSR count). The van der Waals surface area contributed by atoms with Crippen molar-refractivity contribution in [1.82, 2.24) is 9.91 Å². The van der Waals surface area contributed by atoms with Crippen molar-refractivity contribution in [2.45, 2.75) is 33.2 Å². The Balaban J connectivity index is 2.06. The maximum atomic E-state index is 5.97. The monoisotopic (exact) mass is 302 g/mol. The molecule has 5 heteroatoms. The summed E-state index contributed by atoms with van der Waals surface area (Å²) in [6, 6.07) is 7.76. The summed E-state index contributed by atoms with van der Waals surface area (Å²) in [6.07, 6.45) is 2.14. The van der Waals surface area contributed by atoms with E-state index < -0.39 is 0 Å². The Morgan fingerprint density at radius 2 is 1.86 bits per heavy atom. The number of fused-ring (bicyclic) bond motifs is 1. The minimum absolute atomic E-state index is 0.200. The molecule has 21 heavy (non-hydrogen) atoms. The fourth-order valence-electron chi connectivity index (χ4n) is 2.71. The van der Waals surface area contributed by atoms with E-state index in [0.29, 0.717) is 0 Å². The first kappa shape index (κ1) is 14.1. The first-order chi connectivity index (χ1) is 9.91. The van der Waals surface area contributed by atoms with Gasteiger partial charge in [-0.1, -0.05) is 11.6 Å². The lowest BCUT2D eigenvalue weighted by Gasteiger charge is -2.30. The van der Waals surface area contributed by atoms with Crippen LogP contribution in [-0.4, -0.2) is 33.8 Å². The lowest BCUT2D eigenvalue weighted by Crippen LogP contribution is -2.41. The predicted octanol–water partition coefficient (Wildman–Crippen LogP) is 3.69. The number of allylic oxidation sites excluding steroid dienone is 1. The molecule has 2 heterocycles. The summed E-state index contributed by atoms with van der Waals surface area (Å²) in [5.74, 6) is 1.81. The van der Waals surface area contributed by atoms with Crippen LogP contribution < -0.4 is 0 Å². The average Bonchev–Trinajstić information content (AvgIpc) is 2.76. The van der Waals surface area contributed by atoms with Crippen LogP contribution in [0.15, 0.2) is 46.1 Å². The Labute approximate surface area is 130 Å². The zero-order valence-corrected chi connectivity index (χ0v) is 13.5. The van der Waals surface area contributed by atoms with Gasteiger partial charge in [0.25, 0.3) is 0 Å². The molecule has 1 aromatic rings. The van der Waals surface area contributed by atoms with E-state index in [1.54, 1.807) is 0 Å². The summed E-state index contributed by atoms with van der Waals surface area (Å²) in [7, 11) is 0. The van der Waals surface area contributed by atoms with Crippen LogP contribution in [0.5, 0.6) is 0 Å². The average molecular weight is 303 g/mol. The van der Waals surface area contributed by atoms with E-state index in [1.165, 1.54) is 0 Å². The number of aliphatic imine (C=N–C) groups is 1. The van der Waals surface area contributed by atoms with Crippen molar-refractivity contribution < 1.29 is 0 Å². The Bertz CT molecular complexity index is 655.